The molecular weight excluding hydrogens is 182 g/mol. The van der Waals surface area contributed by atoms with Crippen LogP contribution < -0.4 is 0 Å². The fraction of sp³-hybridized carbons (Fsp3) is 0.700. The van der Waals surface area contributed by atoms with Gasteiger partial charge in [0.1, 0.15) is 0 Å². The van der Waals surface area contributed by atoms with Gasteiger partial charge in [-0.15, -0.1) is 11.3 Å². The molecular formula is C10H17NOS. The molecule has 3 heteroatoms. The summed E-state index contributed by atoms with van der Waals surface area (Å²) in [6.45, 7) is 8.13. The van der Waals surface area contributed by atoms with Gasteiger partial charge in [-0.05, 0) is 19.8 Å². The topological polar surface area (TPSA) is 33.1 Å². The van der Waals surface area contributed by atoms with Crippen molar-refractivity contribution in [3.8, 4) is 0 Å². The van der Waals surface area contributed by atoms with Gasteiger partial charge in [0.15, 0.2) is 0 Å². The molecule has 0 bridgehead atoms. The highest BCUT2D eigenvalue weighted by Crippen LogP contribution is 2.19. The molecule has 1 aromatic heterocycles. The van der Waals surface area contributed by atoms with Crippen molar-refractivity contribution in [2.45, 2.75) is 40.2 Å². The predicted octanol–water partition coefficient (Wildman–Crippen LogP) is 2.32. The van der Waals surface area contributed by atoms with Gasteiger partial charge in [-0.2, -0.15) is 0 Å². The average Bonchev–Trinajstić information content (AvgIpc) is 2.31. The van der Waals surface area contributed by atoms with Crippen LogP contribution in [0.2, 0.25) is 0 Å². The van der Waals surface area contributed by atoms with E-state index in [0.717, 1.165) is 10.7 Å². The van der Waals surface area contributed by atoms with Crippen LogP contribution in [0.1, 0.15) is 29.4 Å². The highest BCUT2D eigenvalue weighted by atomic mass is 32.1. The van der Waals surface area contributed by atoms with Gasteiger partial charge in [0.2, 0.25) is 0 Å². The van der Waals surface area contributed by atoms with Crippen LogP contribution in [0.3, 0.4) is 0 Å². The summed E-state index contributed by atoms with van der Waals surface area (Å²) in [5.74, 6) is 0.310. The molecule has 0 aliphatic carbocycles. The Morgan fingerprint density at radius 1 is 1.38 bits per heavy atom. The molecule has 0 aliphatic rings. The Kier molecular flexibility index (Phi) is 3.45. The lowest BCUT2D eigenvalue weighted by Crippen LogP contribution is -2.17. The molecule has 1 heterocycles. The Bertz CT molecular complexity index is 261. The van der Waals surface area contributed by atoms with Crippen LogP contribution in [0.5, 0.6) is 0 Å². The minimum absolute atomic E-state index is 0.259. The molecule has 2 nitrogen and oxygen atoms in total. The number of rotatable bonds is 3. The standard InChI is InChI=1S/C10H17NOS/c1-6(2)9(12)5-10-11-7(3)8(4)13-10/h6,9,12H,5H2,1-4H3. The Balaban J connectivity index is 2.64. The summed E-state index contributed by atoms with van der Waals surface area (Å²) in [5, 5.41) is 10.7. The van der Waals surface area contributed by atoms with Crippen LogP contribution in [0.15, 0.2) is 0 Å². The first-order chi connectivity index (χ1) is 6.00. The van der Waals surface area contributed by atoms with E-state index in [4.69, 9.17) is 0 Å². The van der Waals surface area contributed by atoms with Crippen molar-refractivity contribution in [2.24, 2.45) is 5.92 Å². The summed E-state index contributed by atoms with van der Waals surface area (Å²) in [6, 6.07) is 0. The maximum atomic E-state index is 9.65. The van der Waals surface area contributed by atoms with Crippen molar-refractivity contribution in [2.75, 3.05) is 0 Å². The monoisotopic (exact) mass is 199 g/mol. The number of aliphatic hydroxyl groups is 1. The van der Waals surface area contributed by atoms with Gasteiger partial charge >= 0.3 is 0 Å². The Morgan fingerprint density at radius 2 is 2.00 bits per heavy atom. The van der Waals surface area contributed by atoms with Gasteiger partial charge in [0.25, 0.3) is 0 Å². The molecule has 13 heavy (non-hydrogen) atoms. The molecule has 0 amide bonds. The largest absolute Gasteiger partial charge is 0.392 e. The van der Waals surface area contributed by atoms with Crippen LogP contribution in [0.25, 0.3) is 0 Å². The van der Waals surface area contributed by atoms with Crippen LogP contribution in [0, 0.1) is 19.8 Å². The Hall–Kier alpha value is -0.410. The van der Waals surface area contributed by atoms with Gasteiger partial charge in [-0.1, -0.05) is 13.8 Å². The highest BCUT2D eigenvalue weighted by molar-refractivity contribution is 7.11. The lowest BCUT2D eigenvalue weighted by atomic mass is 10.1. The highest BCUT2D eigenvalue weighted by Gasteiger charge is 2.13. The van der Waals surface area contributed by atoms with E-state index in [1.54, 1.807) is 11.3 Å². The van der Waals surface area contributed by atoms with Gasteiger partial charge in [-0.25, -0.2) is 4.98 Å². The number of hydrogen-bond acceptors (Lipinski definition) is 3. The normalized spacial score (nSPS) is 13.7. The molecule has 1 rings (SSSR count). The molecule has 0 aliphatic heterocycles. The smallest absolute Gasteiger partial charge is 0.0956 e. The van der Waals surface area contributed by atoms with Crippen molar-refractivity contribution in [1.29, 1.82) is 0 Å². The number of hydrogen-bond donors (Lipinski definition) is 1. The van der Waals surface area contributed by atoms with Gasteiger partial charge < -0.3 is 5.11 Å². The van der Waals surface area contributed by atoms with Gasteiger partial charge in [0, 0.05) is 11.3 Å². The number of thiazole rings is 1. The van der Waals surface area contributed by atoms with E-state index in [1.165, 1.54) is 4.88 Å². The first-order valence-electron chi connectivity index (χ1n) is 4.61. The molecule has 1 atom stereocenters. The Morgan fingerprint density at radius 3 is 2.38 bits per heavy atom. The van der Waals surface area contributed by atoms with E-state index in [-0.39, 0.29) is 6.10 Å². The number of aliphatic hydroxyl groups excluding tert-OH is 1. The van der Waals surface area contributed by atoms with Gasteiger partial charge in [-0.3, -0.25) is 0 Å². The minimum atomic E-state index is -0.259. The summed E-state index contributed by atoms with van der Waals surface area (Å²) in [5.41, 5.74) is 1.09. The van der Waals surface area contributed by atoms with Crippen LogP contribution in [-0.4, -0.2) is 16.2 Å². The molecule has 74 valence electrons. The molecule has 1 N–H and O–H groups in total. The first kappa shape index (κ1) is 10.7. The second-order valence-electron chi connectivity index (χ2n) is 3.76. The summed E-state index contributed by atoms with van der Waals surface area (Å²) < 4.78 is 0. The molecule has 0 fully saturated rings. The van der Waals surface area contributed by atoms with E-state index < -0.39 is 0 Å². The average molecular weight is 199 g/mol. The van der Waals surface area contributed by atoms with Crippen LogP contribution in [0.4, 0.5) is 0 Å². The predicted molar refractivity (Wildman–Crippen MR) is 56.1 cm³/mol. The second kappa shape index (κ2) is 4.20. The maximum absolute atomic E-state index is 9.65. The van der Waals surface area contributed by atoms with Crippen molar-refractivity contribution in [3.05, 3.63) is 15.6 Å². The number of aryl methyl sites for hydroxylation is 2. The first-order valence-corrected chi connectivity index (χ1v) is 5.43. The summed E-state index contributed by atoms with van der Waals surface area (Å²) in [7, 11) is 0. The van der Waals surface area contributed by atoms with Crippen molar-refractivity contribution < 1.29 is 5.11 Å². The van der Waals surface area contributed by atoms with Crippen molar-refractivity contribution in [1.82, 2.24) is 4.98 Å². The second-order valence-corrected chi connectivity index (χ2v) is 5.05. The van der Waals surface area contributed by atoms with E-state index in [0.29, 0.717) is 12.3 Å². The third-order valence-electron chi connectivity index (χ3n) is 2.23. The van der Waals surface area contributed by atoms with Gasteiger partial charge in [0.05, 0.1) is 16.8 Å². The molecule has 0 aromatic carbocycles. The zero-order valence-electron chi connectivity index (χ0n) is 8.66. The summed E-state index contributed by atoms with van der Waals surface area (Å²) in [4.78, 5) is 5.65. The summed E-state index contributed by atoms with van der Waals surface area (Å²) >= 11 is 1.69. The lowest BCUT2D eigenvalue weighted by molar-refractivity contribution is 0.125. The fourth-order valence-electron chi connectivity index (χ4n) is 1.04. The third kappa shape index (κ3) is 2.78. The van der Waals surface area contributed by atoms with Crippen LogP contribution >= 0.6 is 11.3 Å². The van der Waals surface area contributed by atoms with Crippen LogP contribution in [-0.2, 0) is 6.42 Å². The number of nitrogens with zero attached hydrogens (tertiary/aromatic N) is 1. The third-order valence-corrected chi connectivity index (χ3v) is 3.32. The molecule has 0 spiro atoms. The molecule has 0 radical (unpaired) electrons. The lowest BCUT2D eigenvalue weighted by Gasteiger charge is -2.11. The Labute approximate surface area is 83.6 Å². The van der Waals surface area contributed by atoms with E-state index in [2.05, 4.69) is 11.9 Å². The zero-order chi connectivity index (χ0) is 10.0. The molecule has 1 aromatic rings. The minimum Gasteiger partial charge on any atom is -0.392 e. The molecule has 0 saturated heterocycles. The SMILES string of the molecule is Cc1nc(CC(O)C(C)C)sc1C. The van der Waals surface area contributed by atoms with E-state index >= 15 is 0 Å². The van der Waals surface area contributed by atoms with Crippen molar-refractivity contribution >= 4 is 11.3 Å². The zero-order valence-corrected chi connectivity index (χ0v) is 9.48. The quantitative estimate of drug-likeness (QED) is 0.810. The van der Waals surface area contributed by atoms with Crippen molar-refractivity contribution in [3.63, 3.8) is 0 Å². The number of aromatic nitrogens is 1. The fourth-order valence-corrected chi connectivity index (χ4v) is 2.02. The van der Waals surface area contributed by atoms with E-state index in [1.807, 2.05) is 20.8 Å². The maximum Gasteiger partial charge on any atom is 0.0956 e. The summed E-state index contributed by atoms with van der Waals surface area (Å²) in [6.07, 6.45) is 0.432. The molecule has 0 saturated carbocycles. The van der Waals surface area contributed by atoms with E-state index in [9.17, 15) is 5.11 Å². The molecule has 1 unspecified atom stereocenters.